The maximum absolute atomic E-state index is 6.68. The van der Waals surface area contributed by atoms with Gasteiger partial charge in [-0.15, -0.1) is 0 Å². The van der Waals surface area contributed by atoms with Crippen LogP contribution in [0.15, 0.2) is 11.8 Å². The predicted molar refractivity (Wildman–Crippen MR) is 90.2 cm³/mol. The highest BCUT2D eigenvalue weighted by atomic mass is 28.4. The van der Waals surface area contributed by atoms with Gasteiger partial charge in [0.25, 0.3) is 8.32 Å². The lowest BCUT2D eigenvalue weighted by atomic mass is 9.82. The van der Waals surface area contributed by atoms with Crippen molar-refractivity contribution in [1.82, 2.24) is 0 Å². The summed E-state index contributed by atoms with van der Waals surface area (Å²) < 4.78 is 6.68. The van der Waals surface area contributed by atoms with Gasteiger partial charge in [0, 0.05) is 6.42 Å². The molecule has 0 saturated heterocycles. The van der Waals surface area contributed by atoms with Crippen LogP contribution in [0.2, 0.25) is 18.1 Å². The van der Waals surface area contributed by atoms with E-state index >= 15 is 0 Å². The second kappa shape index (κ2) is 5.19. The summed E-state index contributed by atoms with van der Waals surface area (Å²) in [6.07, 6.45) is 9.34. The molecule has 1 saturated carbocycles. The maximum atomic E-state index is 6.68. The zero-order valence-electron chi connectivity index (χ0n) is 14.7. The van der Waals surface area contributed by atoms with Gasteiger partial charge in [-0.1, -0.05) is 47.5 Å². The van der Waals surface area contributed by atoms with Crippen molar-refractivity contribution in [3.05, 3.63) is 11.8 Å². The van der Waals surface area contributed by atoms with Crippen LogP contribution in [-0.4, -0.2) is 8.32 Å². The Bertz CT molecular complexity index is 387. The van der Waals surface area contributed by atoms with Crippen LogP contribution in [0.3, 0.4) is 0 Å². The second-order valence-corrected chi connectivity index (χ2v) is 13.5. The Balaban J connectivity index is 2.09. The number of hydrogen-bond acceptors (Lipinski definition) is 1. The molecule has 0 aromatic carbocycles. The molecule has 2 aliphatic rings. The van der Waals surface area contributed by atoms with Gasteiger partial charge < -0.3 is 4.43 Å². The highest BCUT2D eigenvalue weighted by molar-refractivity contribution is 6.74. The third-order valence-electron chi connectivity index (χ3n) is 6.60. The third kappa shape index (κ3) is 2.86. The largest absolute Gasteiger partial charge is 0.547 e. The summed E-state index contributed by atoms with van der Waals surface area (Å²) in [6, 6.07) is 0. The fourth-order valence-electron chi connectivity index (χ4n) is 3.71. The van der Waals surface area contributed by atoms with E-state index < -0.39 is 8.32 Å². The van der Waals surface area contributed by atoms with E-state index in [0.29, 0.717) is 0 Å². The van der Waals surface area contributed by atoms with Crippen molar-refractivity contribution in [1.29, 1.82) is 0 Å². The number of rotatable bonds is 3. The van der Waals surface area contributed by atoms with Crippen LogP contribution in [0.5, 0.6) is 0 Å². The molecule has 0 aromatic rings. The third-order valence-corrected chi connectivity index (χ3v) is 11.1. The summed E-state index contributed by atoms with van der Waals surface area (Å²) in [5, 5.41) is 0.259. The van der Waals surface area contributed by atoms with Gasteiger partial charge in [-0.2, -0.15) is 0 Å². The first-order chi connectivity index (χ1) is 9.04. The van der Waals surface area contributed by atoms with E-state index in [4.69, 9.17) is 4.43 Å². The quantitative estimate of drug-likeness (QED) is 0.569. The molecule has 2 rings (SSSR count). The van der Waals surface area contributed by atoms with Crippen LogP contribution < -0.4 is 0 Å². The first-order valence-electron chi connectivity index (χ1n) is 8.44. The van der Waals surface area contributed by atoms with E-state index in [1.54, 1.807) is 0 Å². The highest BCUT2D eigenvalue weighted by Gasteiger charge is 2.50. The smallest absolute Gasteiger partial charge is 0.250 e. The Labute approximate surface area is 127 Å². The van der Waals surface area contributed by atoms with E-state index in [1.807, 2.05) is 0 Å². The van der Waals surface area contributed by atoms with Crippen LogP contribution in [0, 0.1) is 17.3 Å². The van der Waals surface area contributed by atoms with E-state index in [1.165, 1.54) is 37.9 Å². The van der Waals surface area contributed by atoms with Gasteiger partial charge in [-0.3, -0.25) is 0 Å². The molecule has 20 heavy (non-hydrogen) atoms. The summed E-state index contributed by atoms with van der Waals surface area (Å²) in [5.41, 5.74) is 0.286. The maximum Gasteiger partial charge on any atom is 0.250 e. The van der Waals surface area contributed by atoms with Gasteiger partial charge in [0.2, 0.25) is 0 Å². The van der Waals surface area contributed by atoms with E-state index in [0.717, 1.165) is 11.8 Å². The first-order valence-corrected chi connectivity index (χ1v) is 11.4. The monoisotopic (exact) mass is 294 g/mol. The molecule has 0 amide bonds. The van der Waals surface area contributed by atoms with Gasteiger partial charge in [0.15, 0.2) is 0 Å². The summed E-state index contributed by atoms with van der Waals surface area (Å²) in [4.78, 5) is 0. The second-order valence-electron chi connectivity index (χ2n) is 9.03. The molecule has 0 spiro atoms. The van der Waals surface area contributed by atoms with Crippen LogP contribution in [-0.2, 0) is 4.43 Å². The molecule has 1 fully saturated rings. The van der Waals surface area contributed by atoms with Gasteiger partial charge >= 0.3 is 0 Å². The van der Waals surface area contributed by atoms with E-state index in [9.17, 15) is 0 Å². The molecule has 2 heteroatoms. The zero-order valence-corrected chi connectivity index (χ0v) is 15.7. The van der Waals surface area contributed by atoms with Crippen molar-refractivity contribution in [3.63, 3.8) is 0 Å². The standard InChI is InChI=1S/C18H34OSi/c1-17(2,3)18(4,5)20(6,7)19-16-12-14-10-8-9-11-15(14)13-16/h12,14-15H,8-11,13H2,1-7H3. The van der Waals surface area contributed by atoms with Crippen molar-refractivity contribution < 1.29 is 4.43 Å². The summed E-state index contributed by atoms with van der Waals surface area (Å²) in [7, 11) is -1.76. The SMILES string of the molecule is CC(C)(C)C(C)(C)[Si](C)(C)OC1=CC2CCCCC2C1. The Hall–Kier alpha value is -0.243. The normalized spacial score (nSPS) is 28.1. The van der Waals surface area contributed by atoms with Crippen molar-refractivity contribution >= 4 is 8.32 Å². The van der Waals surface area contributed by atoms with Crippen molar-refractivity contribution in [2.75, 3.05) is 0 Å². The summed E-state index contributed by atoms with van der Waals surface area (Å²) >= 11 is 0. The van der Waals surface area contributed by atoms with Gasteiger partial charge in [0.1, 0.15) is 0 Å². The topological polar surface area (TPSA) is 9.23 Å². The summed E-state index contributed by atoms with van der Waals surface area (Å²) in [6.45, 7) is 16.7. The molecule has 0 heterocycles. The van der Waals surface area contributed by atoms with Gasteiger partial charge in [-0.25, -0.2) is 0 Å². The minimum atomic E-state index is -1.76. The number of hydrogen-bond donors (Lipinski definition) is 0. The minimum Gasteiger partial charge on any atom is -0.547 e. The van der Waals surface area contributed by atoms with Crippen LogP contribution in [0.4, 0.5) is 0 Å². The lowest BCUT2D eigenvalue weighted by molar-refractivity contribution is 0.239. The zero-order chi connectivity index (χ0) is 15.2. The highest BCUT2D eigenvalue weighted by Crippen LogP contribution is 2.54. The van der Waals surface area contributed by atoms with Crippen molar-refractivity contribution in [2.45, 2.75) is 84.9 Å². The Morgan fingerprint density at radius 1 is 1.05 bits per heavy atom. The lowest BCUT2D eigenvalue weighted by Gasteiger charge is -2.48. The number of allylic oxidation sites excluding steroid dienone is 2. The molecule has 2 unspecified atom stereocenters. The molecule has 0 aliphatic heterocycles. The lowest BCUT2D eigenvalue weighted by Crippen LogP contribution is -2.48. The van der Waals surface area contributed by atoms with Crippen LogP contribution >= 0.6 is 0 Å². The molecule has 0 aromatic heterocycles. The Kier molecular flexibility index (Phi) is 4.19. The molecule has 1 nitrogen and oxygen atoms in total. The van der Waals surface area contributed by atoms with Crippen LogP contribution in [0.25, 0.3) is 0 Å². The molecule has 116 valence electrons. The van der Waals surface area contributed by atoms with Crippen LogP contribution in [0.1, 0.15) is 66.7 Å². The van der Waals surface area contributed by atoms with Gasteiger partial charge in [0.05, 0.1) is 5.76 Å². The van der Waals surface area contributed by atoms with E-state index in [-0.39, 0.29) is 10.5 Å². The molecule has 0 radical (unpaired) electrons. The molecular weight excluding hydrogens is 260 g/mol. The number of fused-ring (bicyclic) bond motifs is 1. The minimum absolute atomic E-state index is 0.259. The average molecular weight is 295 g/mol. The average Bonchev–Trinajstić information content (AvgIpc) is 2.68. The summed E-state index contributed by atoms with van der Waals surface area (Å²) in [5.74, 6) is 3.04. The van der Waals surface area contributed by atoms with Crippen molar-refractivity contribution in [2.24, 2.45) is 17.3 Å². The Morgan fingerprint density at radius 3 is 2.20 bits per heavy atom. The van der Waals surface area contributed by atoms with Crippen molar-refractivity contribution in [3.8, 4) is 0 Å². The molecule has 2 aliphatic carbocycles. The molecule has 0 bridgehead atoms. The van der Waals surface area contributed by atoms with E-state index in [2.05, 4.69) is 53.8 Å². The molecule has 2 atom stereocenters. The van der Waals surface area contributed by atoms with Gasteiger partial charge in [-0.05, 0) is 54.3 Å². The fourth-order valence-corrected chi connectivity index (χ4v) is 6.58. The predicted octanol–water partition coefficient (Wildman–Crippen LogP) is 6.13. The first kappa shape index (κ1) is 16.1. The molecule has 0 N–H and O–H groups in total. The Morgan fingerprint density at radius 2 is 1.65 bits per heavy atom. The molecular formula is C18H34OSi. The fraction of sp³-hybridized carbons (Fsp3) is 0.889.